The zero-order valence-electron chi connectivity index (χ0n) is 13.8. The molecule has 0 unspecified atom stereocenters. The Bertz CT molecular complexity index is 1040. The summed E-state index contributed by atoms with van der Waals surface area (Å²) in [7, 11) is 0. The second-order valence-corrected chi connectivity index (χ2v) is 5.64. The molecule has 1 aromatic heterocycles. The molecule has 3 aromatic carbocycles. The van der Waals surface area contributed by atoms with Gasteiger partial charge >= 0.3 is 6.01 Å². The lowest BCUT2D eigenvalue weighted by molar-refractivity contribution is 0.102. The first-order valence-corrected chi connectivity index (χ1v) is 8.14. The van der Waals surface area contributed by atoms with Crippen LogP contribution in [0.15, 0.2) is 85.2 Å². The van der Waals surface area contributed by atoms with Crippen molar-refractivity contribution in [3.05, 3.63) is 90.8 Å². The minimum Gasteiger partial charge on any atom is -0.424 e. The second kappa shape index (κ2) is 7.03. The third kappa shape index (κ3) is 3.37. The van der Waals surface area contributed by atoms with Gasteiger partial charge in [0.25, 0.3) is 5.91 Å². The molecule has 0 spiro atoms. The Morgan fingerprint density at radius 2 is 1.54 bits per heavy atom. The van der Waals surface area contributed by atoms with Crippen molar-refractivity contribution < 1.29 is 9.53 Å². The van der Waals surface area contributed by atoms with Gasteiger partial charge in [-0.05, 0) is 41.8 Å². The normalized spacial score (nSPS) is 10.5. The van der Waals surface area contributed by atoms with E-state index in [1.54, 1.807) is 42.7 Å². The fourth-order valence-corrected chi connectivity index (χ4v) is 2.65. The Morgan fingerprint density at radius 1 is 0.808 bits per heavy atom. The Hall–Kier alpha value is -3.73. The smallest absolute Gasteiger partial charge is 0.321 e. The fraction of sp³-hybridized carbons (Fsp3) is 0. The molecule has 0 saturated carbocycles. The summed E-state index contributed by atoms with van der Waals surface area (Å²) < 4.78 is 5.54. The highest BCUT2D eigenvalue weighted by Crippen LogP contribution is 2.24. The van der Waals surface area contributed by atoms with E-state index in [1.165, 1.54) is 0 Å². The van der Waals surface area contributed by atoms with Crippen LogP contribution in [0.5, 0.6) is 11.8 Å². The van der Waals surface area contributed by atoms with Crippen molar-refractivity contribution >= 4 is 22.4 Å². The number of benzene rings is 3. The lowest BCUT2D eigenvalue weighted by atomic mass is 10.1. The SMILES string of the molecule is O=C(Nc1cccc2ccccc12)c1ccc(Oc2ncccn2)cc1. The lowest BCUT2D eigenvalue weighted by Crippen LogP contribution is -2.12. The Morgan fingerprint density at radius 3 is 2.35 bits per heavy atom. The van der Waals surface area contributed by atoms with Gasteiger partial charge in [0.2, 0.25) is 0 Å². The van der Waals surface area contributed by atoms with Crippen LogP contribution in [0.2, 0.25) is 0 Å². The third-order valence-corrected chi connectivity index (χ3v) is 3.91. The standard InChI is InChI=1S/C21H15N3O2/c25-20(24-19-8-3-6-15-5-1-2-7-18(15)19)16-9-11-17(12-10-16)26-21-22-13-4-14-23-21/h1-14H,(H,24,25). The number of ether oxygens (including phenoxy) is 1. The number of carbonyl (C=O) groups excluding carboxylic acids is 1. The summed E-state index contributed by atoms with van der Waals surface area (Å²) in [5, 5.41) is 5.05. The van der Waals surface area contributed by atoms with Crippen LogP contribution in [0, 0.1) is 0 Å². The molecule has 1 amide bonds. The summed E-state index contributed by atoms with van der Waals surface area (Å²) in [4.78, 5) is 20.6. The second-order valence-electron chi connectivity index (χ2n) is 5.64. The van der Waals surface area contributed by atoms with E-state index in [4.69, 9.17) is 4.74 Å². The maximum atomic E-state index is 12.6. The molecule has 4 aromatic rings. The van der Waals surface area contributed by atoms with Gasteiger partial charge in [-0.1, -0.05) is 36.4 Å². The highest BCUT2D eigenvalue weighted by molar-refractivity contribution is 6.09. The van der Waals surface area contributed by atoms with Crippen LogP contribution >= 0.6 is 0 Å². The minimum absolute atomic E-state index is 0.177. The Labute approximate surface area is 150 Å². The number of anilines is 1. The fourth-order valence-electron chi connectivity index (χ4n) is 2.65. The molecular weight excluding hydrogens is 326 g/mol. The lowest BCUT2D eigenvalue weighted by Gasteiger charge is -2.09. The van der Waals surface area contributed by atoms with E-state index in [2.05, 4.69) is 15.3 Å². The number of nitrogens with zero attached hydrogens (tertiary/aromatic N) is 2. The maximum absolute atomic E-state index is 12.6. The third-order valence-electron chi connectivity index (χ3n) is 3.91. The highest BCUT2D eigenvalue weighted by Gasteiger charge is 2.09. The molecule has 0 aliphatic rings. The van der Waals surface area contributed by atoms with Crippen molar-refractivity contribution in [3.8, 4) is 11.8 Å². The average molecular weight is 341 g/mol. The number of carbonyl (C=O) groups is 1. The van der Waals surface area contributed by atoms with Gasteiger partial charge in [-0.15, -0.1) is 0 Å². The number of amides is 1. The van der Waals surface area contributed by atoms with E-state index < -0.39 is 0 Å². The predicted molar refractivity (Wildman–Crippen MR) is 100 cm³/mol. The summed E-state index contributed by atoms with van der Waals surface area (Å²) in [5.41, 5.74) is 1.32. The van der Waals surface area contributed by atoms with Crippen LogP contribution in [-0.4, -0.2) is 15.9 Å². The molecule has 0 radical (unpaired) electrons. The molecule has 0 atom stereocenters. The number of nitrogens with one attached hydrogen (secondary N) is 1. The summed E-state index contributed by atoms with van der Waals surface area (Å²) in [6.45, 7) is 0. The first kappa shape index (κ1) is 15.8. The van der Waals surface area contributed by atoms with Crippen LogP contribution in [0.1, 0.15) is 10.4 Å². The van der Waals surface area contributed by atoms with Gasteiger partial charge in [-0.25, -0.2) is 9.97 Å². The quantitative estimate of drug-likeness (QED) is 0.586. The molecule has 0 bridgehead atoms. The molecule has 0 fully saturated rings. The van der Waals surface area contributed by atoms with Gasteiger partial charge in [0.15, 0.2) is 0 Å². The topological polar surface area (TPSA) is 64.1 Å². The highest BCUT2D eigenvalue weighted by atomic mass is 16.5. The van der Waals surface area contributed by atoms with Crippen LogP contribution in [0.25, 0.3) is 10.8 Å². The van der Waals surface area contributed by atoms with Crippen LogP contribution in [-0.2, 0) is 0 Å². The van der Waals surface area contributed by atoms with Crippen LogP contribution in [0.4, 0.5) is 5.69 Å². The first-order valence-electron chi connectivity index (χ1n) is 8.14. The van der Waals surface area contributed by atoms with E-state index in [9.17, 15) is 4.79 Å². The molecule has 0 aliphatic heterocycles. The van der Waals surface area contributed by atoms with Crippen molar-refractivity contribution in [3.63, 3.8) is 0 Å². The van der Waals surface area contributed by atoms with Gasteiger partial charge in [-0.2, -0.15) is 0 Å². The average Bonchev–Trinajstić information content (AvgIpc) is 2.70. The number of hydrogen-bond acceptors (Lipinski definition) is 4. The van der Waals surface area contributed by atoms with E-state index in [0.29, 0.717) is 11.3 Å². The zero-order valence-corrected chi connectivity index (χ0v) is 13.8. The molecule has 1 N–H and O–H groups in total. The van der Waals surface area contributed by atoms with E-state index >= 15 is 0 Å². The first-order chi connectivity index (χ1) is 12.8. The zero-order chi connectivity index (χ0) is 17.8. The maximum Gasteiger partial charge on any atom is 0.321 e. The molecule has 4 rings (SSSR count). The van der Waals surface area contributed by atoms with E-state index in [0.717, 1.165) is 16.5 Å². The van der Waals surface area contributed by atoms with Gasteiger partial charge < -0.3 is 10.1 Å². The molecule has 126 valence electrons. The molecule has 5 nitrogen and oxygen atoms in total. The number of rotatable bonds is 4. The molecule has 1 heterocycles. The summed E-state index contributed by atoms with van der Waals surface area (Å²) in [5.74, 6) is 0.391. The van der Waals surface area contributed by atoms with Crippen LogP contribution < -0.4 is 10.1 Å². The summed E-state index contributed by atoms with van der Waals surface area (Å²) in [6.07, 6.45) is 3.21. The Kier molecular flexibility index (Phi) is 4.26. The minimum atomic E-state index is -0.177. The predicted octanol–water partition coefficient (Wildman–Crippen LogP) is 4.67. The van der Waals surface area contributed by atoms with Gasteiger partial charge in [0.1, 0.15) is 5.75 Å². The van der Waals surface area contributed by atoms with Gasteiger partial charge in [0, 0.05) is 29.0 Å². The van der Waals surface area contributed by atoms with Gasteiger partial charge in [-0.3, -0.25) is 4.79 Å². The molecule has 0 aliphatic carbocycles. The molecule has 5 heteroatoms. The summed E-state index contributed by atoms with van der Waals surface area (Å²) in [6, 6.07) is 22.6. The van der Waals surface area contributed by atoms with Crippen LogP contribution in [0.3, 0.4) is 0 Å². The van der Waals surface area contributed by atoms with Crippen molar-refractivity contribution in [1.29, 1.82) is 0 Å². The molecule has 0 saturated heterocycles. The van der Waals surface area contributed by atoms with Crippen molar-refractivity contribution in [2.24, 2.45) is 0 Å². The number of aromatic nitrogens is 2. The molecular formula is C21H15N3O2. The number of fused-ring (bicyclic) bond motifs is 1. The van der Waals surface area contributed by atoms with E-state index in [1.807, 2.05) is 42.5 Å². The number of hydrogen-bond donors (Lipinski definition) is 1. The van der Waals surface area contributed by atoms with Crippen molar-refractivity contribution in [2.45, 2.75) is 0 Å². The summed E-state index contributed by atoms with van der Waals surface area (Å²) >= 11 is 0. The molecule has 26 heavy (non-hydrogen) atoms. The monoisotopic (exact) mass is 341 g/mol. The van der Waals surface area contributed by atoms with Crippen molar-refractivity contribution in [2.75, 3.05) is 5.32 Å². The van der Waals surface area contributed by atoms with E-state index in [-0.39, 0.29) is 11.9 Å². The Balaban J connectivity index is 1.51. The van der Waals surface area contributed by atoms with Crippen molar-refractivity contribution in [1.82, 2.24) is 9.97 Å². The largest absolute Gasteiger partial charge is 0.424 e. The van der Waals surface area contributed by atoms with Gasteiger partial charge in [0.05, 0.1) is 0 Å².